The van der Waals surface area contributed by atoms with E-state index in [4.69, 9.17) is 16.3 Å². The molecule has 0 fully saturated rings. The number of ether oxygens (including phenoxy) is 1. The number of rotatable bonds is 6. The Balaban J connectivity index is 0.00000256. The molecule has 1 aliphatic heterocycles. The fourth-order valence-electron chi connectivity index (χ4n) is 3.87. The molecule has 0 bridgehead atoms. The highest BCUT2D eigenvalue weighted by Crippen LogP contribution is 2.42. The van der Waals surface area contributed by atoms with Gasteiger partial charge >= 0.3 is 0 Å². The first-order valence-corrected chi connectivity index (χ1v) is 10.2. The van der Waals surface area contributed by atoms with E-state index < -0.39 is 11.8 Å². The number of nitrogens with one attached hydrogen (secondary N) is 1. The molecule has 0 radical (unpaired) electrons. The molecular formula is C21H20BrClN2O4. The molecule has 6 nitrogen and oxygen atoms in total. The zero-order chi connectivity index (χ0) is 20.7. The van der Waals surface area contributed by atoms with E-state index in [1.165, 1.54) is 0 Å². The normalized spacial score (nSPS) is 13.2. The van der Waals surface area contributed by atoms with Crippen molar-refractivity contribution in [3.63, 3.8) is 0 Å². The highest BCUT2D eigenvalue weighted by molar-refractivity contribution is 9.10. The minimum atomic E-state index is -0.455. The zero-order valence-corrected chi connectivity index (χ0v) is 17.9. The lowest BCUT2D eigenvalue weighted by Crippen LogP contribution is -2.20. The van der Waals surface area contributed by atoms with Crippen molar-refractivity contribution in [3.8, 4) is 11.1 Å². The number of halogens is 2. The van der Waals surface area contributed by atoms with Gasteiger partial charge in [-0.3, -0.25) is 14.9 Å². The third-order valence-electron chi connectivity index (χ3n) is 5.12. The van der Waals surface area contributed by atoms with Gasteiger partial charge in [0, 0.05) is 42.1 Å². The van der Waals surface area contributed by atoms with Crippen LogP contribution in [0.15, 0.2) is 34.8 Å². The molecule has 2 amide bonds. The SMILES string of the molecule is COCCCn1c(CO)c(Br)c2c3c(c(-c4ccccc4Cl)cc21)C(=O)NC3=O.[HH]. The second-order valence-corrected chi connectivity index (χ2v) is 7.95. The van der Waals surface area contributed by atoms with Gasteiger partial charge in [0.15, 0.2) is 0 Å². The molecule has 0 unspecified atom stereocenters. The number of nitrogens with zero attached hydrogens (tertiary/aromatic N) is 1. The highest BCUT2D eigenvalue weighted by Gasteiger charge is 2.35. The monoisotopic (exact) mass is 478 g/mol. The van der Waals surface area contributed by atoms with Gasteiger partial charge in [-0.25, -0.2) is 0 Å². The average Bonchev–Trinajstić information content (AvgIpc) is 3.15. The van der Waals surface area contributed by atoms with Crippen molar-refractivity contribution in [1.29, 1.82) is 0 Å². The summed E-state index contributed by atoms with van der Waals surface area (Å²) >= 11 is 9.95. The molecule has 3 aromatic rings. The lowest BCUT2D eigenvalue weighted by Gasteiger charge is -2.13. The van der Waals surface area contributed by atoms with E-state index >= 15 is 0 Å². The van der Waals surface area contributed by atoms with Crippen LogP contribution in [0.2, 0.25) is 5.02 Å². The number of benzene rings is 2. The minimum Gasteiger partial charge on any atom is -0.390 e. The van der Waals surface area contributed by atoms with E-state index in [9.17, 15) is 14.7 Å². The Labute approximate surface area is 182 Å². The molecule has 2 heterocycles. The molecule has 0 saturated carbocycles. The van der Waals surface area contributed by atoms with Crippen molar-refractivity contribution in [2.24, 2.45) is 0 Å². The number of carbonyl (C=O) groups excluding carboxylic acids is 2. The largest absolute Gasteiger partial charge is 0.390 e. The fourth-order valence-corrected chi connectivity index (χ4v) is 4.85. The molecule has 29 heavy (non-hydrogen) atoms. The van der Waals surface area contributed by atoms with Crippen molar-refractivity contribution in [2.45, 2.75) is 19.6 Å². The lowest BCUT2D eigenvalue weighted by molar-refractivity contribution is 0.0880. The van der Waals surface area contributed by atoms with Crippen molar-refractivity contribution < 1.29 is 20.9 Å². The van der Waals surface area contributed by atoms with Crippen LogP contribution in [0.4, 0.5) is 0 Å². The number of aromatic nitrogens is 1. The van der Waals surface area contributed by atoms with Gasteiger partial charge in [0.05, 0.1) is 28.9 Å². The Hall–Kier alpha value is -2.19. The number of imide groups is 1. The molecule has 0 aliphatic carbocycles. The van der Waals surface area contributed by atoms with Crippen LogP contribution in [0.3, 0.4) is 0 Å². The molecule has 1 aromatic heterocycles. The maximum Gasteiger partial charge on any atom is 0.259 e. The second kappa shape index (κ2) is 7.91. The van der Waals surface area contributed by atoms with E-state index in [0.29, 0.717) is 56.0 Å². The number of fused-ring (bicyclic) bond motifs is 3. The van der Waals surface area contributed by atoms with Gasteiger partial charge < -0.3 is 14.4 Å². The van der Waals surface area contributed by atoms with Crippen LogP contribution in [0.1, 0.15) is 34.3 Å². The second-order valence-electron chi connectivity index (χ2n) is 6.75. The Morgan fingerprint density at radius 1 is 1.21 bits per heavy atom. The molecule has 2 aromatic carbocycles. The molecule has 0 spiro atoms. The Morgan fingerprint density at radius 3 is 2.62 bits per heavy atom. The summed E-state index contributed by atoms with van der Waals surface area (Å²) in [6.07, 6.45) is 0.726. The molecule has 2 N–H and O–H groups in total. The maximum absolute atomic E-state index is 12.7. The first-order chi connectivity index (χ1) is 14.0. The van der Waals surface area contributed by atoms with Gasteiger partial charge in [-0.15, -0.1) is 0 Å². The molecular weight excluding hydrogens is 460 g/mol. The van der Waals surface area contributed by atoms with Crippen LogP contribution in [0.5, 0.6) is 0 Å². The summed E-state index contributed by atoms with van der Waals surface area (Å²) < 4.78 is 7.72. The standard InChI is InChI=1S/C21H18BrClN2O4.H2/c1-29-8-4-7-25-14-9-12(11-5-2-3-6-13(11)23)16-18(21(28)24-20(16)27)17(14)19(22)15(25)10-26;/h2-3,5-6,9,26H,4,7-8,10H2,1H3,(H,24,27,28);1H. The number of amides is 2. The summed E-state index contributed by atoms with van der Waals surface area (Å²) in [5.41, 5.74) is 3.24. The predicted molar refractivity (Wildman–Crippen MR) is 116 cm³/mol. The van der Waals surface area contributed by atoms with Crippen LogP contribution < -0.4 is 5.32 Å². The molecule has 4 rings (SSSR count). The number of hydrogen-bond donors (Lipinski definition) is 2. The Morgan fingerprint density at radius 2 is 1.93 bits per heavy atom. The van der Waals surface area contributed by atoms with Gasteiger partial charge in [-0.1, -0.05) is 29.8 Å². The smallest absolute Gasteiger partial charge is 0.259 e. The van der Waals surface area contributed by atoms with Crippen LogP contribution in [-0.2, 0) is 17.9 Å². The quantitative estimate of drug-likeness (QED) is 0.406. The van der Waals surface area contributed by atoms with Crippen molar-refractivity contribution >= 4 is 50.2 Å². The Bertz CT molecular complexity index is 1160. The van der Waals surface area contributed by atoms with Crippen molar-refractivity contribution in [3.05, 3.63) is 56.6 Å². The van der Waals surface area contributed by atoms with E-state index in [2.05, 4.69) is 21.2 Å². The summed E-state index contributed by atoms with van der Waals surface area (Å²) in [6.45, 7) is 0.930. The van der Waals surface area contributed by atoms with Crippen LogP contribution in [-0.4, -0.2) is 35.2 Å². The fraction of sp³-hybridized carbons (Fsp3) is 0.238. The van der Waals surface area contributed by atoms with Crippen LogP contribution >= 0.6 is 27.5 Å². The Kier molecular flexibility index (Phi) is 5.48. The molecule has 152 valence electrons. The molecule has 0 atom stereocenters. The summed E-state index contributed by atoms with van der Waals surface area (Å²) in [5, 5.41) is 13.5. The van der Waals surface area contributed by atoms with Crippen LogP contribution in [0.25, 0.3) is 22.0 Å². The number of carbonyl (C=O) groups is 2. The van der Waals surface area contributed by atoms with E-state index in [-0.39, 0.29) is 8.03 Å². The summed E-state index contributed by atoms with van der Waals surface area (Å²) in [7, 11) is 1.63. The number of aliphatic hydroxyl groups excluding tert-OH is 1. The number of hydrogen-bond acceptors (Lipinski definition) is 4. The van der Waals surface area contributed by atoms with Gasteiger partial charge in [0.1, 0.15) is 0 Å². The maximum atomic E-state index is 12.7. The van der Waals surface area contributed by atoms with Crippen LogP contribution in [0, 0.1) is 0 Å². The van der Waals surface area contributed by atoms with Gasteiger partial charge in [0.25, 0.3) is 11.8 Å². The first kappa shape index (κ1) is 20.1. The molecule has 1 aliphatic rings. The van der Waals surface area contributed by atoms with E-state index in [0.717, 1.165) is 11.9 Å². The zero-order valence-electron chi connectivity index (χ0n) is 15.6. The lowest BCUT2D eigenvalue weighted by atomic mass is 9.94. The van der Waals surface area contributed by atoms with Gasteiger partial charge in [-0.2, -0.15) is 0 Å². The molecule has 8 heteroatoms. The summed E-state index contributed by atoms with van der Waals surface area (Å²) in [6, 6.07) is 9.07. The van der Waals surface area contributed by atoms with Gasteiger partial charge in [-0.05, 0) is 40.0 Å². The third-order valence-corrected chi connectivity index (χ3v) is 6.30. The predicted octanol–water partition coefficient (Wildman–Crippen LogP) is 4.38. The number of aliphatic hydroxyl groups is 1. The number of methoxy groups -OCH3 is 1. The van der Waals surface area contributed by atoms with Crippen molar-refractivity contribution in [2.75, 3.05) is 13.7 Å². The highest BCUT2D eigenvalue weighted by atomic mass is 79.9. The summed E-state index contributed by atoms with van der Waals surface area (Å²) in [4.78, 5) is 25.3. The van der Waals surface area contributed by atoms with E-state index in [1.807, 2.05) is 28.8 Å². The van der Waals surface area contributed by atoms with Crippen molar-refractivity contribution in [1.82, 2.24) is 9.88 Å². The first-order valence-electron chi connectivity index (χ1n) is 9.07. The topological polar surface area (TPSA) is 80.6 Å². The van der Waals surface area contributed by atoms with Gasteiger partial charge in [0.2, 0.25) is 0 Å². The summed E-state index contributed by atoms with van der Waals surface area (Å²) in [5.74, 6) is -0.908. The van der Waals surface area contributed by atoms with E-state index in [1.54, 1.807) is 13.2 Å². The average molecular weight is 480 g/mol. The minimum absolute atomic E-state index is 0. The third kappa shape index (κ3) is 3.18. The molecule has 0 saturated heterocycles. The number of aryl methyl sites for hydroxylation is 1.